The molecule has 2 aliphatic rings. The van der Waals surface area contributed by atoms with Gasteiger partial charge in [-0.05, 0) is 0 Å². The molecule has 6 nitrogen and oxygen atoms in total. The lowest BCUT2D eigenvalue weighted by Crippen LogP contribution is -2.54. The van der Waals surface area contributed by atoms with Gasteiger partial charge in [0.2, 0.25) is 5.91 Å². The molecule has 0 aliphatic carbocycles. The number of rotatable bonds is 4. The van der Waals surface area contributed by atoms with E-state index >= 15 is 0 Å². The Morgan fingerprint density at radius 2 is 2.06 bits per heavy atom. The molecule has 0 aromatic rings. The van der Waals surface area contributed by atoms with Crippen LogP contribution in [0.5, 0.6) is 0 Å². The molecular weight excluding hydrogens is 222 g/mol. The Morgan fingerprint density at radius 3 is 2.59 bits per heavy atom. The van der Waals surface area contributed by atoms with Gasteiger partial charge in [-0.3, -0.25) is 9.69 Å². The lowest BCUT2D eigenvalue weighted by atomic mass is 9.87. The molecular formula is C11H17N3O3. The molecule has 94 valence electrons. The maximum Gasteiger partial charge on any atom is 0.245 e. The topological polar surface area (TPSA) is 74.6 Å². The molecule has 2 aliphatic heterocycles. The molecule has 1 N–H and O–H groups in total. The third kappa shape index (κ3) is 2.75. The van der Waals surface area contributed by atoms with Crippen molar-refractivity contribution in [2.75, 3.05) is 52.6 Å². The highest BCUT2D eigenvalue weighted by molar-refractivity contribution is 5.86. The Labute approximate surface area is 100 Å². The van der Waals surface area contributed by atoms with Gasteiger partial charge < -0.3 is 14.8 Å². The molecule has 0 aromatic heterocycles. The lowest BCUT2D eigenvalue weighted by molar-refractivity contribution is -0.150. The number of morpholine rings is 1. The minimum Gasteiger partial charge on any atom is -0.379 e. The van der Waals surface area contributed by atoms with Crippen LogP contribution in [-0.2, 0) is 14.3 Å². The second kappa shape index (κ2) is 5.45. The summed E-state index contributed by atoms with van der Waals surface area (Å²) in [6.45, 7) is 5.12. The SMILES string of the molecule is N#CC1(C(=O)NCCN2CCOCC2)COC1. The van der Waals surface area contributed by atoms with Crippen molar-refractivity contribution in [1.29, 1.82) is 5.26 Å². The van der Waals surface area contributed by atoms with Crippen molar-refractivity contribution >= 4 is 5.91 Å². The van der Waals surface area contributed by atoms with E-state index in [2.05, 4.69) is 10.2 Å². The smallest absolute Gasteiger partial charge is 0.245 e. The fourth-order valence-electron chi connectivity index (χ4n) is 1.87. The number of nitrogens with zero attached hydrogens (tertiary/aromatic N) is 2. The van der Waals surface area contributed by atoms with Crippen molar-refractivity contribution in [2.45, 2.75) is 0 Å². The molecule has 0 atom stereocenters. The molecule has 0 bridgehead atoms. The third-order valence-corrected chi connectivity index (χ3v) is 3.16. The van der Waals surface area contributed by atoms with Crippen LogP contribution in [0.2, 0.25) is 0 Å². The third-order valence-electron chi connectivity index (χ3n) is 3.16. The summed E-state index contributed by atoms with van der Waals surface area (Å²) in [4.78, 5) is 14.0. The van der Waals surface area contributed by atoms with E-state index < -0.39 is 5.41 Å². The first-order valence-corrected chi connectivity index (χ1v) is 5.84. The molecule has 2 saturated heterocycles. The minimum absolute atomic E-state index is 0.209. The zero-order valence-corrected chi connectivity index (χ0v) is 9.78. The quantitative estimate of drug-likeness (QED) is 0.679. The molecule has 2 heterocycles. The van der Waals surface area contributed by atoms with Crippen LogP contribution in [0.25, 0.3) is 0 Å². The molecule has 1 amide bonds. The highest BCUT2D eigenvalue weighted by Gasteiger charge is 2.46. The van der Waals surface area contributed by atoms with Crippen molar-refractivity contribution in [1.82, 2.24) is 10.2 Å². The number of nitrogens with one attached hydrogen (secondary N) is 1. The normalized spacial score (nSPS) is 23.5. The average Bonchev–Trinajstić information content (AvgIpc) is 2.30. The Hall–Kier alpha value is -1.16. The largest absolute Gasteiger partial charge is 0.379 e. The maximum atomic E-state index is 11.8. The standard InChI is InChI=1S/C11H17N3O3/c12-7-11(8-17-9-11)10(15)13-1-2-14-3-5-16-6-4-14/h1-6,8-9H2,(H,13,15). The van der Waals surface area contributed by atoms with Gasteiger partial charge in [-0.2, -0.15) is 5.26 Å². The minimum atomic E-state index is -0.939. The van der Waals surface area contributed by atoms with Crippen LogP contribution >= 0.6 is 0 Å². The first kappa shape index (κ1) is 12.3. The van der Waals surface area contributed by atoms with E-state index in [0.29, 0.717) is 6.54 Å². The van der Waals surface area contributed by atoms with Crippen LogP contribution in [0.3, 0.4) is 0 Å². The zero-order chi connectivity index (χ0) is 12.1. The molecule has 2 fully saturated rings. The van der Waals surface area contributed by atoms with Crippen LogP contribution in [0.1, 0.15) is 0 Å². The highest BCUT2D eigenvalue weighted by Crippen LogP contribution is 2.26. The number of nitriles is 1. The summed E-state index contributed by atoms with van der Waals surface area (Å²) in [6.07, 6.45) is 0. The summed E-state index contributed by atoms with van der Waals surface area (Å²) in [7, 11) is 0. The summed E-state index contributed by atoms with van der Waals surface area (Å²) in [5.74, 6) is -0.209. The molecule has 17 heavy (non-hydrogen) atoms. The van der Waals surface area contributed by atoms with Gasteiger partial charge in [-0.25, -0.2) is 0 Å². The zero-order valence-electron chi connectivity index (χ0n) is 9.78. The molecule has 0 saturated carbocycles. The molecule has 6 heteroatoms. The number of hydrogen-bond donors (Lipinski definition) is 1. The van der Waals surface area contributed by atoms with Crippen LogP contribution in [-0.4, -0.2) is 63.4 Å². The van der Waals surface area contributed by atoms with E-state index in [1.165, 1.54) is 0 Å². The molecule has 0 aromatic carbocycles. The fourth-order valence-corrected chi connectivity index (χ4v) is 1.87. The second-order valence-corrected chi connectivity index (χ2v) is 4.40. The predicted octanol–water partition coefficient (Wildman–Crippen LogP) is -1.03. The van der Waals surface area contributed by atoms with Crippen molar-refractivity contribution in [3.63, 3.8) is 0 Å². The van der Waals surface area contributed by atoms with E-state index in [1.807, 2.05) is 6.07 Å². The van der Waals surface area contributed by atoms with Crippen LogP contribution in [0, 0.1) is 16.7 Å². The van der Waals surface area contributed by atoms with Gasteiger partial charge in [0.15, 0.2) is 5.41 Å². The van der Waals surface area contributed by atoms with E-state index in [9.17, 15) is 4.79 Å². The van der Waals surface area contributed by atoms with Gasteiger partial charge in [0, 0.05) is 26.2 Å². The summed E-state index contributed by atoms with van der Waals surface area (Å²) < 4.78 is 10.2. The van der Waals surface area contributed by atoms with E-state index in [-0.39, 0.29) is 19.1 Å². The van der Waals surface area contributed by atoms with Crippen LogP contribution in [0.4, 0.5) is 0 Å². The van der Waals surface area contributed by atoms with Gasteiger partial charge >= 0.3 is 0 Å². The van der Waals surface area contributed by atoms with E-state index in [1.54, 1.807) is 0 Å². The second-order valence-electron chi connectivity index (χ2n) is 4.40. The van der Waals surface area contributed by atoms with Crippen LogP contribution in [0.15, 0.2) is 0 Å². The average molecular weight is 239 g/mol. The maximum absolute atomic E-state index is 11.8. The van der Waals surface area contributed by atoms with Gasteiger partial charge in [-0.1, -0.05) is 0 Å². The predicted molar refractivity (Wildman–Crippen MR) is 59.1 cm³/mol. The molecule has 2 rings (SSSR count). The van der Waals surface area contributed by atoms with Crippen LogP contribution < -0.4 is 5.32 Å². The molecule has 0 unspecified atom stereocenters. The Kier molecular flexibility index (Phi) is 3.94. The summed E-state index contributed by atoms with van der Waals surface area (Å²) in [6, 6.07) is 2.03. The Morgan fingerprint density at radius 1 is 1.35 bits per heavy atom. The van der Waals surface area contributed by atoms with Crippen molar-refractivity contribution in [3.8, 4) is 6.07 Å². The Bertz CT molecular complexity index is 316. The molecule has 0 spiro atoms. The van der Waals surface area contributed by atoms with Crippen molar-refractivity contribution < 1.29 is 14.3 Å². The van der Waals surface area contributed by atoms with Gasteiger partial charge in [-0.15, -0.1) is 0 Å². The van der Waals surface area contributed by atoms with Gasteiger partial charge in [0.1, 0.15) is 0 Å². The molecule has 0 radical (unpaired) electrons. The van der Waals surface area contributed by atoms with Crippen molar-refractivity contribution in [2.24, 2.45) is 5.41 Å². The van der Waals surface area contributed by atoms with Crippen molar-refractivity contribution in [3.05, 3.63) is 0 Å². The number of amides is 1. The van der Waals surface area contributed by atoms with E-state index in [4.69, 9.17) is 14.7 Å². The summed E-state index contributed by atoms with van der Waals surface area (Å²) in [5, 5.41) is 11.7. The van der Waals surface area contributed by atoms with Gasteiger partial charge in [0.25, 0.3) is 0 Å². The fraction of sp³-hybridized carbons (Fsp3) is 0.818. The highest BCUT2D eigenvalue weighted by atomic mass is 16.5. The number of ether oxygens (including phenoxy) is 2. The number of carbonyl (C=O) groups is 1. The van der Waals surface area contributed by atoms with Gasteiger partial charge in [0.05, 0.1) is 32.5 Å². The lowest BCUT2D eigenvalue weighted by Gasteiger charge is -2.33. The number of carbonyl (C=O) groups excluding carboxylic acids is 1. The number of hydrogen-bond acceptors (Lipinski definition) is 5. The summed E-state index contributed by atoms with van der Waals surface area (Å²) in [5.41, 5.74) is -0.939. The first-order chi connectivity index (χ1) is 8.27. The summed E-state index contributed by atoms with van der Waals surface area (Å²) >= 11 is 0. The first-order valence-electron chi connectivity index (χ1n) is 5.84. The monoisotopic (exact) mass is 239 g/mol. The van der Waals surface area contributed by atoms with E-state index in [0.717, 1.165) is 32.8 Å². The Balaban J connectivity index is 1.68.